The van der Waals surface area contributed by atoms with Gasteiger partial charge in [-0.15, -0.1) is 0 Å². The highest BCUT2D eigenvalue weighted by molar-refractivity contribution is 5.92. The summed E-state index contributed by atoms with van der Waals surface area (Å²) in [4.78, 5) is 25.4. The molecule has 0 saturated carbocycles. The second kappa shape index (κ2) is 7.19. The van der Waals surface area contributed by atoms with E-state index in [4.69, 9.17) is 4.42 Å². The van der Waals surface area contributed by atoms with E-state index in [1.165, 1.54) is 6.42 Å². The van der Waals surface area contributed by atoms with Gasteiger partial charge in [0.25, 0.3) is 5.91 Å². The van der Waals surface area contributed by atoms with Crippen LogP contribution in [-0.4, -0.2) is 51.9 Å². The lowest BCUT2D eigenvalue weighted by molar-refractivity contribution is 0.0519. The van der Waals surface area contributed by atoms with Crippen molar-refractivity contribution in [3.8, 4) is 0 Å². The zero-order chi connectivity index (χ0) is 18.0. The van der Waals surface area contributed by atoms with Gasteiger partial charge >= 0.3 is 0 Å². The zero-order valence-electron chi connectivity index (χ0n) is 15.4. The van der Waals surface area contributed by atoms with E-state index >= 15 is 0 Å². The van der Waals surface area contributed by atoms with Crippen LogP contribution in [0.5, 0.6) is 0 Å². The number of aryl methyl sites for hydroxylation is 1. The van der Waals surface area contributed by atoms with Gasteiger partial charge in [-0.3, -0.25) is 14.7 Å². The minimum atomic E-state index is 0.00856. The molecular weight excluding hydrogens is 328 g/mol. The fraction of sp³-hybridized carbons (Fsp3) is 0.550. The number of nitrogens with zero attached hydrogens (tertiary/aromatic N) is 4. The molecule has 4 rings (SSSR count). The number of hydrogen-bond donors (Lipinski definition) is 0. The third kappa shape index (κ3) is 3.51. The average molecular weight is 354 g/mol. The van der Waals surface area contributed by atoms with Crippen LogP contribution < -0.4 is 0 Å². The van der Waals surface area contributed by atoms with Crippen molar-refractivity contribution in [2.45, 2.75) is 39.2 Å². The van der Waals surface area contributed by atoms with Crippen molar-refractivity contribution in [1.82, 2.24) is 19.8 Å². The van der Waals surface area contributed by atoms with Gasteiger partial charge in [0.05, 0.1) is 12.7 Å². The van der Waals surface area contributed by atoms with Gasteiger partial charge in [0.1, 0.15) is 17.2 Å². The Balaban J connectivity index is 1.40. The number of aromatic nitrogens is 2. The molecule has 1 atom stereocenters. The second-order valence-corrected chi connectivity index (χ2v) is 7.60. The van der Waals surface area contributed by atoms with E-state index in [2.05, 4.69) is 33.9 Å². The highest BCUT2D eigenvalue weighted by Crippen LogP contribution is 2.39. The number of amides is 1. The monoisotopic (exact) mass is 354 g/mol. The molecule has 2 saturated heterocycles. The van der Waals surface area contributed by atoms with E-state index < -0.39 is 0 Å². The molecule has 1 amide bonds. The summed E-state index contributed by atoms with van der Waals surface area (Å²) in [5, 5.41) is 0. The summed E-state index contributed by atoms with van der Waals surface area (Å²) in [5.41, 5.74) is 0.651. The van der Waals surface area contributed by atoms with Gasteiger partial charge < -0.3 is 9.32 Å². The summed E-state index contributed by atoms with van der Waals surface area (Å²) in [5.74, 6) is 2.10. The van der Waals surface area contributed by atoms with Crippen molar-refractivity contribution in [2.75, 3.05) is 26.2 Å². The largest absolute Gasteiger partial charge is 0.465 e. The minimum Gasteiger partial charge on any atom is -0.465 e. The SMILES string of the molecule is CCc1ccc(CN2CC[C@]3(CCCN(C(=O)c4cnccn4)C3)C2)o1. The van der Waals surface area contributed by atoms with Crippen LogP contribution >= 0.6 is 0 Å². The molecule has 0 radical (unpaired) electrons. The van der Waals surface area contributed by atoms with Gasteiger partial charge in [-0.1, -0.05) is 6.92 Å². The maximum Gasteiger partial charge on any atom is 0.274 e. The van der Waals surface area contributed by atoms with Gasteiger partial charge in [-0.25, -0.2) is 4.98 Å². The maximum atomic E-state index is 12.7. The quantitative estimate of drug-likeness (QED) is 0.845. The Hall–Kier alpha value is -2.21. The molecule has 6 heteroatoms. The lowest BCUT2D eigenvalue weighted by Gasteiger charge is -2.40. The lowest BCUT2D eigenvalue weighted by Crippen LogP contribution is -2.47. The normalized spacial score (nSPS) is 23.7. The van der Waals surface area contributed by atoms with E-state index in [9.17, 15) is 4.79 Å². The highest BCUT2D eigenvalue weighted by Gasteiger charge is 2.42. The van der Waals surface area contributed by atoms with Gasteiger partial charge in [0.2, 0.25) is 0 Å². The first kappa shape index (κ1) is 17.2. The first-order valence-electron chi connectivity index (χ1n) is 9.53. The van der Waals surface area contributed by atoms with Crippen LogP contribution in [0.3, 0.4) is 0 Å². The number of rotatable bonds is 4. The zero-order valence-corrected chi connectivity index (χ0v) is 15.4. The van der Waals surface area contributed by atoms with E-state index in [1.54, 1.807) is 18.6 Å². The van der Waals surface area contributed by atoms with Crippen molar-refractivity contribution in [2.24, 2.45) is 5.41 Å². The molecule has 1 spiro atoms. The molecule has 0 bridgehead atoms. The number of piperidine rings is 1. The fourth-order valence-corrected chi connectivity index (χ4v) is 4.37. The number of hydrogen-bond acceptors (Lipinski definition) is 5. The first-order chi connectivity index (χ1) is 12.7. The van der Waals surface area contributed by atoms with E-state index in [-0.39, 0.29) is 11.3 Å². The fourth-order valence-electron chi connectivity index (χ4n) is 4.37. The molecule has 0 N–H and O–H groups in total. The first-order valence-corrected chi connectivity index (χ1v) is 9.53. The summed E-state index contributed by atoms with van der Waals surface area (Å²) >= 11 is 0. The Bertz CT molecular complexity index is 760. The van der Waals surface area contributed by atoms with Crippen LogP contribution in [0.2, 0.25) is 0 Å². The molecule has 138 valence electrons. The van der Waals surface area contributed by atoms with Crippen molar-refractivity contribution in [1.29, 1.82) is 0 Å². The second-order valence-electron chi connectivity index (χ2n) is 7.60. The molecule has 2 aliphatic heterocycles. The third-order valence-electron chi connectivity index (χ3n) is 5.69. The van der Waals surface area contributed by atoms with E-state index in [0.29, 0.717) is 5.69 Å². The summed E-state index contributed by atoms with van der Waals surface area (Å²) in [6.45, 7) is 6.69. The molecule has 0 unspecified atom stereocenters. The van der Waals surface area contributed by atoms with Crippen molar-refractivity contribution < 1.29 is 9.21 Å². The van der Waals surface area contributed by atoms with Gasteiger partial charge in [-0.2, -0.15) is 0 Å². The Morgan fingerprint density at radius 3 is 2.85 bits per heavy atom. The van der Waals surface area contributed by atoms with E-state index in [1.807, 2.05) is 4.90 Å². The van der Waals surface area contributed by atoms with Crippen molar-refractivity contribution in [3.05, 3.63) is 47.9 Å². The van der Waals surface area contributed by atoms with Crippen LogP contribution in [0.4, 0.5) is 0 Å². The third-order valence-corrected chi connectivity index (χ3v) is 5.69. The summed E-state index contributed by atoms with van der Waals surface area (Å²) in [6.07, 6.45) is 9.06. The Kier molecular flexibility index (Phi) is 4.76. The Labute approximate surface area is 154 Å². The minimum absolute atomic E-state index is 0.00856. The summed E-state index contributed by atoms with van der Waals surface area (Å²) in [7, 11) is 0. The van der Waals surface area contributed by atoms with Crippen LogP contribution in [0.15, 0.2) is 35.1 Å². The van der Waals surface area contributed by atoms with Crippen LogP contribution in [0, 0.1) is 5.41 Å². The van der Waals surface area contributed by atoms with Gasteiger partial charge in [0, 0.05) is 43.9 Å². The molecule has 2 aromatic rings. The van der Waals surface area contributed by atoms with Gasteiger partial charge in [-0.05, 0) is 37.9 Å². The average Bonchev–Trinajstić information content (AvgIpc) is 3.29. The molecule has 4 heterocycles. The van der Waals surface area contributed by atoms with Crippen LogP contribution in [0.1, 0.15) is 48.2 Å². The molecule has 0 aliphatic carbocycles. The molecule has 2 fully saturated rings. The van der Waals surface area contributed by atoms with Crippen molar-refractivity contribution >= 4 is 5.91 Å². The number of carbonyl (C=O) groups excluding carboxylic acids is 1. The maximum absolute atomic E-state index is 12.7. The topological polar surface area (TPSA) is 62.5 Å². The number of carbonyl (C=O) groups is 1. The number of likely N-dealkylation sites (tertiary alicyclic amines) is 2. The standard InChI is InChI=1S/C20H26N4O2/c1-2-16-4-5-17(26-16)13-23-11-7-20(14-23)6-3-10-24(15-20)19(25)18-12-21-8-9-22-18/h4-5,8-9,12H,2-3,6-7,10-11,13-15H2,1H3/t20-/m1/s1. The highest BCUT2D eigenvalue weighted by atomic mass is 16.3. The smallest absolute Gasteiger partial charge is 0.274 e. The Morgan fingerprint density at radius 1 is 1.19 bits per heavy atom. The van der Waals surface area contributed by atoms with Crippen LogP contribution in [-0.2, 0) is 13.0 Å². The predicted octanol–water partition coefficient (Wildman–Crippen LogP) is 2.76. The molecular formula is C20H26N4O2. The van der Waals surface area contributed by atoms with Gasteiger partial charge in [0.15, 0.2) is 0 Å². The molecule has 0 aromatic carbocycles. The molecule has 2 aliphatic rings. The molecule has 6 nitrogen and oxygen atoms in total. The Morgan fingerprint density at radius 2 is 2.08 bits per heavy atom. The summed E-state index contributed by atoms with van der Waals surface area (Å²) in [6, 6.07) is 4.16. The molecule has 2 aromatic heterocycles. The van der Waals surface area contributed by atoms with Crippen molar-refractivity contribution in [3.63, 3.8) is 0 Å². The predicted molar refractivity (Wildman–Crippen MR) is 97.6 cm³/mol. The van der Waals surface area contributed by atoms with E-state index in [0.717, 1.165) is 63.5 Å². The molecule has 26 heavy (non-hydrogen) atoms. The lowest BCUT2D eigenvalue weighted by atomic mass is 9.79. The summed E-state index contributed by atoms with van der Waals surface area (Å²) < 4.78 is 5.87. The number of furan rings is 1. The van der Waals surface area contributed by atoms with Crippen LogP contribution in [0.25, 0.3) is 0 Å².